The van der Waals surface area contributed by atoms with Crippen LogP contribution in [0.1, 0.15) is 66.4 Å². The number of halogens is 1. The molecule has 0 spiro atoms. The highest BCUT2D eigenvalue weighted by molar-refractivity contribution is 9.10. The number of hydrogen-bond donors (Lipinski definition) is 0. The maximum atomic E-state index is 9.19. The van der Waals surface area contributed by atoms with E-state index in [1.54, 1.807) is 13.2 Å². The molecule has 8 heteroatoms. The van der Waals surface area contributed by atoms with Gasteiger partial charge >= 0.3 is 0 Å². The molecule has 256 valence electrons. The zero-order valence-electron chi connectivity index (χ0n) is 30.1. The highest BCUT2D eigenvalue weighted by Gasteiger charge is 2.50. The van der Waals surface area contributed by atoms with Gasteiger partial charge in [-0.25, -0.2) is 0 Å². The smallest absolute Gasteiger partial charge is 0.261 e. The van der Waals surface area contributed by atoms with Gasteiger partial charge in [-0.15, -0.1) is 0 Å². The van der Waals surface area contributed by atoms with E-state index < -0.39 is 16.6 Å². The number of benzene rings is 3. The van der Waals surface area contributed by atoms with Crippen LogP contribution < -0.4 is 19.8 Å². The van der Waals surface area contributed by atoms with Gasteiger partial charge in [-0.05, 0) is 98.1 Å². The molecule has 1 aliphatic carbocycles. The normalized spacial score (nSPS) is 17.6. The van der Waals surface area contributed by atoms with Crippen molar-refractivity contribution in [3.05, 3.63) is 101 Å². The quantitative estimate of drug-likeness (QED) is 0.105. The Labute approximate surface area is 299 Å². The van der Waals surface area contributed by atoms with Crippen LogP contribution in [0.5, 0.6) is 11.5 Å². The van der Waals surface area contributed by atoms with Gasteiger partial charge in [0.25, 0.3) is 8.32 Å². The monoisotopic (exact) mass is 745 g/mol. The van der Waals surface area contributed by atoms with E-state index in [1.807, 2.05) is 12.1 Å². The summed E-state index contributed by atoms with van der Waals surface area (Å²) >= 11 is 3.78. The van der Waals surface area contributed by atoms with Crippen molar-refractivity contribution in [2.75, 3.05) is 13.7 Å². The Morgan fingerprint density at radius 3 is 2.02 bits per heavy atom. The minimum atomic E-state index is -2.71. The predicted octanol–water partition coefficient (Wildman–Crippen LogP) is 9.82. The van der Waals surface area contributed by atoms with Crippen molar-refractivity contribution in [2.45, 2.75) is 96.2 Å². The van der Waals surface area contributed by atoms with Crippen LogP contribution in [0.2, 0.25) is 23.2 Å². The number of methoxy groups -OCH3 is 1. The molecule has 1 aliphatic rings. The molecule has 4 rings (SSSR count). The van der Waals surface area contributed by atoms with Gasteiger partial charge in [-0.3, -0.25) is 0 Å². The Balaban J connectivity index is 1.74. The van der Waals surface area contributed by atoms with E-state index in [2.05, 4.69) is 143 Å². The van der Waals surface area contributed by atoms with Crippen molar-refractivity contribution < 1.29 is 18.3 Å². The lowest BCUT2D eigenvalue weighted by atomic mass is 9.91. The molecule has 0 saturated carbocycles. The van der Waals surface area contributed by atoms with Crippen molar-refractivity contribution in [1.82, 2.24) is 0 Å². The van der Waals surface area contributed by atoms with Crippen molar-refractivity contribution >= 4 is 49.0 Å². The Kier molecular flexibility index (Phi) is 12.4. The van der Waals surface area contributed by atoms with Crippen LogP contribution >= 0.6 is 15.9 Å². The molecular weight excluding hydrogens is 695 g/mol. The first-order valence-corrected chi connectivity index (χ1v) is 22.5. The van der Waals surface area contributed by atoms with E-state index in [4.69, 9.17) is 18.3 Å². The molecule has 2 atom stereocenters. The molecule has 0 bridgehead atoms. The summed E-state index contributed by atoms with van der Waals surface area (Å²) in [4.78, 5) is 0. The molecule has 48 heavy (non-hydrogen) atoms. The maximum absolute atomic E-state index is 9.19. The lowest BCUT2D eigenvalue weighted by Crippen LogP contribution is -2.66. The number of hydrogen-bond acceptors (Lipinski definition) is 5. The van der Waals surface area contributed by atoms with Crippen LogP contribution in [0.25, 0.3) is 6.08 Å². The molecule has 0 fully saturated rings. The fourth-order valence-corrected chi connectivity index (χ4v) is 12.8. The summed E-state index contributed by atoms with van der Waals surface area (Å²) in [5.41, 5.74) is 2.01. The molecule has 0 unspecified atom stereocenters. The first kappa shape index (κ1) is 37.9. The van der Waals surface area contributed by atoms with Gasteiger partial charge in [-0.2, -0.15) is 5.26 Å². The Bertz CT molecular complexity index is 1580. The summed E-state index contributed by atoms with van der Waals surface area (Å²) in [6.45, 7) is 18.9. The summed E-state index contributed by atoms with van der Waals surface area (Å²) in [6.07, 6.45) is 7.58. The topological polar surface area (TPSA) is 60.7 Å². The number of nitriles is 1. The van der Waals surface area contributed by atoms with Gasteiger partial charge in [0.1, 0.15) is 6.10 Å². The molecule has 3 aromatic rings. The third kappa shape index (κ3) is 8.26. The molecule has 0 aromatic heterocycles. The SMILES string of the molecule is COc1ccc(/C=C/C#N)c(Br)c1O[C@@H]1C(CCO[Si](c2ccccc2)(c2ccccc2)C(C)(C)C)=CCC[C@H]1O[Si](C)(C)C(C)(C)C. The molecule has 0 N–H and O–H groups in total. The lowest BCUT2D eigenvalue weighted by Gasteiger charge is -2.44. The van der Waals surface area contributed by atoms with Crippen LogP contribution in [0, 0.1) is 11.3 Å². The molecule has 0 radical (unpaired) electrons. The number of ether oxygens (including phenoxy) is 2. The summed E-state index contributed by atoms with van der Waals surface area (Å²) in [5, 5.41) is 11.7. The molecule has 0 amide bonds. The summed E-state index contributed by atoms with van der Waals surface area (Å²) in [7, 11) is -3.20. The zero-order valence-corrected chi connectivity index (χ0v) is 33.7. The average Bonchev–Trinajstić information content (AvgIpc) is 3.04. The van der Waals surface area contributed by atoms with E-state index >= 15 is 0 Å². The Morgan fingerprint density at radius 1 is 0.896 bits per heavy atom. The van der Waals surface area contributed by atoms with Crippen LogP contribution in [-0.2, 0) is 8.85 Å². The minimum Gasteiger partial charge on any atom is -0.493 e. The van der Waals surface area contributed by atoms with E-state index in [0.29, 0.717) is 24.5 Å². The third-order valence-corrected chi connectivity index (χ3v) is 20.2. The van der Waals surface area contributed by atoms with E-state index in [0.717, 1.165) is 22.9 Å². The van der Waals surface area contributed by atoms with Crippen LogP contribution in [0.3, 0.4) is 0 Å². The number of allylic oxidation sites excluding steroid dienone is 2. The molecule has 5 nitrogen and oxygen atoms in total. The zero-order chi connectivity index (χ0) is 35.2. The van der Waals surface area contributed by atoms with E-state index in [1.165, 1.54) is 22.0 Å². The second kappa shape index (κ2) is 15.7. The van der Waals surface area contributed by atoms with Crippen molar-refractivity contribution in [2.24, 2.45) is 0 Å². The summed E-state index contributed by atoms with van der Waals surface area (Å²) in [5.74, 6) is 1.22. The second-order valence-corrected chi connectivity index (χ2v) is 24.9. The molecule has 3 aromatic carbocycles. The van der Waals surface area contributed by atoms with Crippen molar-refractivity contribution in [1.29, 1.82) is 5.26 Å². The van der Waals surface area contributed by atoms with Crippen LogP contribution in [-0.4, -0.2) is 42.6 Å². The summed E-state index contributed by atoms with van der Waals surface area (Å²) in [6, 6.07) is 27.5. The van der Waals surface area contributed by atoms with Gasteiger partial charge < -0.3 is 18.3 Å². The number of nitrogens with zero attached hydrogens (tertiary/aromatic N) is 1. The van der Waals surface area contributed by atoms with Gasteiger partial charge in [-0.1, -0.05) is 108 Å². The Hall–Kier alpha value is -2.94. The van der Waals surface area contributed by atoms with Crippen molar-refractivity contribution in [3.8, 4) is 17.6 Å². The molecule has 0 aliphatic heterocycles. The fourth-order valence-electron chi connectivity index (χ4n) is 6.30. The first-order valence-electron chi connectivity index (χ1n) is 16.9. The fraction of sp³-hybridized carbons (Fsp3) is 0.425. The standard InChI is InChI=1S/C40H52BrNO4Si2/c1-39(2,3)47(8,9)46-35-24-16-18-31(37(35)45-38-34(43-7)26-25-30(36(38)41)19-17-28-42)27-29-44-48(40(4,5)6,32-20-12-10-13-21-32)33-22-14-11-15-23-33/h10-15,17-23,25-26,35,37H,16,24,27,29H2,1-9H3/b19-17+/t35-,37-/m1/s1. The second-order valence-electron chi connectivity index (χ2n) is 15.0. The highest BCUT2D eigenvalue weighted by atomic mass is 79.9. The minimum absolute atomic E-state index is 0.0472. The van der Waals surface area contributed by atoms with Gasteiger partial charge in [0.05, 0.1) is 23.8 Å². The van der Waals surface area contributed by atoms with Gasteiger partial charge in [0.15, 0.2) is 19.8 Å². The average molecular weight is 747 g/mol. The maximum Gasteiger partial charge on any atom is 0.261 e. The Morgan fingerprint density at radius 2 is 1.50 bits per heavy atom. The first-order chi connectivity index (χ1) is 22.7. The van der Waals surface area contributed by atoms with Gasteiger partial charge in [0.2, 0.25) is 0 Å². The molecule has 0 heterocycles. The van der Waals surface area contributed by atoms with Crippen LogP contribution in [0.4, 0.5) is 0 Å². The lowest BCUT2D eigenvalue weighted by molar-refractivity contribution is 0.0491. The van der Waals surface area contributed by atoms with Crippen LogP contribution in [0.15, 0.2) is 95.0 Å². The summed E-state index contributed by atoms with van der Waals surface area (Å²) < 4.78 is 28.0. The number of rotatable bonds is 12. The molecular formula is C40H52BrNO4Si2. The third-order valence-electron chi connectivity index (χ3n) is 9.83. The van der Waals surface area contributed by atoms with E-state index in [9.17, 15) is 5.26 Å². The molecule has 0 saturated heterocycles. The largest absolute Gasteiger partial charge is 0.493 e. The van der Waals surface area contributed by atoms with Gasteiger partial charge in [0, 0.05) is 12.7 Å². The highest BCUT2D eigenvalue weighted by Crippen LogP contribution is 2.44. The predicted molar refractivity (Wildman–Crippen MR) is 207 cm³/mol. The van der Waals surface area contributed by atoms with Crippen molar-refractivity contribution in [3.63, 3.8) is 0 Å². The van der Waals surface area contributed by atoms with E-state index in [-0.39, 0.29) is 22.3 Å².